The van der Waals surface area contributed by atoms with Gasteiger partial charge in [0.2, 0.25) is 0 Å². The second-order valence-corrected chi connectivity index (χ2v) is 6.75. The fourth-order valence-electron chi connectivity index (χ4n) is 2.95. The Hall–Kier alpha value is -3.40. The quantitative estimate of drug-likeness (QED) is 0.529. The van der Waals surface area contributed by atoms with Crippen LogP contribution in [0.1, 0.15) is 16.1 Å². The summed E-state index contributed by atoms with van der Waals surface area (Å²) in [5.74, 6) is -1.82. The molecule has 0 saturated heterocycles. The van der Waals surface area contributed by atoms with Gasteiger partial charge in [-0.05, 0) is 42.3 Å². The molecule has 1 atom stereocenters. The van der Waals surface area contributed by atoms with Crippen LogP contribution in [0, 0.1) is 11.7 Å². The molecular weight excluding hydrogens is 418 g/mol. The first kappa shape index (κ1) is 22.3. The van der Waals surface area contributed by atoms with Gasteiger partial charge in [-0.1, -0.05) is 24.3 Å². The molecule has 164 valence electrons. The number of hydrogen-bond acceptors (Lipinski definition) is 4. The van der Waals surface area contributed by atoms with Gasteiger partial charge in [-0.2, -0.15) is 5.10 Å². The van der Waals surface area contributed by atoms with Crippen LogP contribution < -0.4 is 10.1 Å². The minimum atomic E-state index is -4.80. The number of hydrogen-bond donors (Lipinski definition) is 2. The van der Waals surface area contributed by atoms with E-state index in [2.05, 4.69) is 15.2 Å². The Morgan fingerprint density at radius 2 is 1.94 bits per heavy atom. The summed E-state index contributed by atoms with van der Waals surface area (Å²) in [7, 11) is 0. The van der Waals surface area contributed by atoms with Crippen molar-refractivity contribution in [2.24, 2.45) is 5.92 Å². The van der Waals surface area contributed by atoms with Gasteiger partial charge in [0, 0.05) is 25.3 Å². The van der Waals surface area contributed by atoms with Gasteiger partial charge in [0.1, 0.15) is 17.3 Å². The Kier molecular flexibility index (Phi) is 6.91. The van der Waals surface area contributed by atoms with Crippen molar-refractivity contribution in [1.82, 2.24) is 15.1 Å². The van der Waals surface area contributed by atoms with E-state index in [0.29, 0.717) is 5.56 Å². The SMILES string of the molecule is O=C(NC[C@@H](CO)Cc1cccc(OC(F)(F)F)c1)c1ccn(-c2ccccc2F)n1. The Morgan fingerprint density at radius 1 is 1.16 bits per heavy atom. The second kappa shape index (κ2) is 9.61. The molecule has 0 fully saturated rings. The van der Waals surface area contributed by atoms with Crippen LogP contribution in [0.15, 0.2) is 60.8 Å². The van der Waals surface area contributed by atoms with E-state index in [1.807, 2.05) is 0 Å². The number of rotatable bonds is 8. The molecule has 0 aliphatic heterocycles. The summed E-state index contributed by atoms with van der Waals surface area (Å²) in [5.41, 5.74) is 0.759. The van der Waals surface area contributed by atoms with Crippen LogP contribution in [0.5, 0.6) is 5.75 Å². The molecule has 31 heavy (non-hydrogen) atoms. The monoisotopic (exact) mass is 437 g/mol. The Morgan fingerprint density at radius 3 is 2.65 bits per heavy atom. The molecule has 0 saturated carbocycles. The average Bonchev–Trinajstić information content (AvgIpc) is 3.20. The van der Waals surface area contributed by atoms with Gasteiger partial charge in [0.15, 0.2) is 5.69 Å². The fourth-order valence-corrected chi connectivity index (χ4v) is 2.95. The summed E-state index contributed by atoms with van der Waals surface area (Å²) in [6, 6.07) is 12.8. The van der Waals surface area contributed by atoms with Crippen LogP contribution in [0.4, 0.5) is 17.6 Å². The lowest BCUT2D eigenvalue weighted by atomic mass is 10.00. The topological polar surface area (TPSA) is 76.4 Å². The molecule has 0 aliphatic rings. The molecule has 3 rings (SSSR count). The second-order valence-electron chi connectivity index (χ2n) is 6.75. The number of alkyl halides is 3. The maximum atomic E-state index is 13.9. The molecule has 3 aromatic rings. The number of aliphatic hydroxyl groups is 1. The number of amides is 1. The first-order valence-electron chi connectivity index (χ1n) is 9.29. The van der Waals surface area contributed by atoms with Gasteiger partial charge >= 0.3 is 6.36 Å². The lowest BCUT2D eigenvalue weighted by molar-refractivity contribution is -0.274. The normalized spacial score (nSPS) is 12.4. The van der Waals surface area contributed by atoms with Crippen molar-refractivity contribution in [2.45, 2.75) is 12.8 Å². The first-order valence-corrected chi connectivity index (χ1v) is 9.29. The highest BCUT2D eigenvalue weighted by molar-refractivity contribution is 5.92. The van der Waals surface area contributed by atoms with Crippen LogP contribution in [-0.4, -0.2) is 40.3 Å². The number of carbonyl (C=O) groups excluding carboxylic acids is 1. The minimum Gasteiger partial charge on any atom is -0.406 e. The maximum Gasteiger partial charge on any atom is 0.573 e. The van der Waals surface area contributed by atoms with E-state index in [-0.39, 0.29) is 36.7 Å². The molecule has 0 unspecified atom stereocenters. The molecular formula is C21H19F4N3O3. The highest BCUT2D eigenvalue weighted by Crippen LogP contribution is 2.24. The lowest BCUT2D eigenvalue weighted by Gasteiger charge is -2.16. The van der Waals surface area contributed by atoms with Crippen molar-refractivity contribution in [3.05, 3.63) is 77.9 Å². The molecule has 1 heterocycles. The van der Waals surface area contributed by atoms with E-state index < -0.39 is 24.0 Å². The zero-order chi connectivity index (χ0) is 22.4. The Balaban J connectivity index is 1.59. The molecule has 0 aliphatic carbocycles. The van der Waals surface area contributed by atoms with E-state index in [0.717, 1.165) is 0 Å². The number of ether oxygens (including phenoxy) is 1. The summed E-state index contributed by atoms with van der Waals surface area (Å²) in [6.45, 7) is -0.236. The molecule has 10 heteroatoms. The number of halogens is 4. The van der Waals surface area contributed by atoms with Gasteiger partial charge in [-0.15, -0.1) is 13.2 Å². The largest absolute Gasteiger partial charge is 0.573 e. The number of carbonyl (C=O) groups is 1. The molecule has 0 radical (unpaired) electrons. The lowest BCUT2D eigenvalue weighted by Crippen LogP contribution is -2.32. The summed E-state index contributed by atoms with van der Waals surface area (Å²) in [6.07, 6.45) is -3.13. The number of nitrogens with zero attached hydrogens (tertiary/aromatic N) is 2. The first-order chi connectivity index (χ1) is 14.7. The van der Waals surface area contributed by atoms with Crippen LogP contribution in [0.2, 0.25) is 0 Å². The van der Waals surface area contributed by atoms with E-state index in [9.17, 15) is 27.5 Å². The highest BCUT2D eigenvalue weighted by atomic mass is 19.4. The fraction of sp³-hybridized carbons (Fsp3) is 0.238. The van der Waals surface area contributed by atoms with Crippen molar-refractivity contribution in [3.63, 3.8) is 0 Å². The molecule has 1 amide bonds. The van der Waals surface area contributed by atoms with Gasteiger partial charge in [-0.3, -0.25) is 4.79 Å². The van der Waals surface area contributed by atoms with Gasteiger partial charge in [-0.25, -0.2) is 9.07 Å². The molecule has 6 nitrogen and oxygen atoms in total. The van der Waals surface area contributed by atoms with Gasteiger partial charge < -0.3 is 15.2 Å². The third kappa shape index (κ3) is 6.29. The Bertz CT molecular complexity index is 1040. The van der Waals surface area contributed by atoms with Gasteiger partial charge in [0.05, 0.1) is 0 Å². The molecule has 2 aromatic carbocycles. The van der Waals surface area contributed by atoms with Crippen LogP contribution >= 0.6 is 0 Å². The molecule has 0 spiro atoms. The third-order valence-electron chi connectivity index (χ3n) is 4.39. The number of para-hydroxylation sites is 1. The summed E-state index contributed by atoms with van der Waals surface area (Å²) in [5, 5.41) is 16.3. The summed E-state index contributed by atoms with van der Waals surface area (Å²) >= 11 is 0. The van der Waals surface area contributed by atoms with Crippen molar-refractivity contribution in [2.75, 3.05) is 13.2 Å². The van der Waals surface area contributed by atoms with Crippen molar-refractivity contribution < 1.29 is 32.2 Å². The third-order valence-corrected chi connectivity index (χ3v) is 4.39. The van der Waals surface area contributed by atoms with Crippen LogP contribution in [-0.2, 0) is 6.42 Å². The Labute approximate surface area is 175 Å². The molecule has 2 N–H and O–H groups in total. The van der Waals surface area contributed by atoms with E-state index in [1.165, 1.54) is 53.3 Å². The zero-order valence-corrected chi connectivity index (χ0v) is 16.1. The van der Waals surface area contributed by atoms with E-state index >= 15 is 0 Å². The standard InChI is InChI=1S/C21H19F4N3O3/c22-17-6-1-2-7-19(17)28-9-8-18(27-28)20(30)26-12-15(13-29)10-14-4-3-5-16(11-14)31-21(23,24)25/h1-9,11,15,29H,10,12-13H2,(H,26,30)/t15-/m0/s1. The summed E-state index contributed by atoms with van der Waals surface area (Å²) < 4.78 is 56.1. The van der Waals surface area contributed by atoms with Gasteiger partial charge in [0.25, 0.3) is 5.91 Å². The molecule has 1 aromatic heterocycles. The summed E-state index contributed by atoms with van der Waals surface area (Å²) in [4.78, 5) is 12.4. The van der Waals surface area contributed by atoms with Crippen LogP contribution in [0.25, 0.3) is 5.69 Å². The smallest absolute Gasteiger partial charge is 0.406 e. The number of aromatic nitrogens is 2. The van der Waals surface area contributed by atoms with Crippen molar-refractivity contribution >= 4 is 5.91 Å². The van der Waals surface area contributed by atoms with Crippen molar-refractivity contribution in [1.29, 1.82) is 0 Å². The molecule has 0 bridgehead atoms. The highest BCUT2D eigenvalue weighted by Gasteiger charge is 2.31. The predicted octanol–water partition coefficient (Wildman–Crippen LogP) is 3.49. The minimum absolute atomic E-state index is 0.0560. The van der Waals surface area contributed by atoms with Crippen molar-refractivity contribution in [3.8, 4) is 11.4 Å². The number of benzene rings is 2. The average molecular weight is 437 g/mol. The van der Waals surface area contributed by atoms with E-state index in [1.54, 1.807) is 12.1 Å². The predicted molar refractivity (Wildman–Crippen MR) is 103 cm³/mol. The number of aliphatic hydroxyl groups excluding tert-OH is 1. The zero-order valence-electron chi connectivity index (χ0n) is 16.1. The van der Waals surface area contributed by atoms with Crippen LogP contribution in [0.3, 0.4) is 0 Å². The number of nitrogens with one attached hydrogen (secondary N) is 1. The maximum absolute atomic E-state index is 13.9. The van der Waals surface area contributed by atoms with E-state index in [4.69, 9.17) is 0 Å².